The summed E-state index contributed by atoms with van der Waals surface area (Å²) in [5.74, 6) is 0.347. The lowest BCUT2D eigenvalue weighted by Crippen LogP contribution is -2.47. The highest BCUT2D eigenvalue weighted by atomic mass is 79.9. The highest BCUT2D eigenvalue weighted by Gasteiger charge is 2.28. The van der Waals surface area contributed by atoms with Crippen molar-refractivity contribution < 1.29 is 19.1 Å². The van der Waals surface area contributed by atoms with Gasteiger partial charge in [-0.15, -0.1) is 0 Å². The van der Waals surface area contributed by atoms with Crippen LogP contribution in [0.4, 0.5) is 4.79 Å². The van der Waals surface area contributed by atoms with Crippen molar-refractivity contribution in [1.82, 2.24) is 10.2 Å². The molecule has 0 aliphatic carbocycles. The summed E-state index contributed by atoms with van der Waals surface area (Å²) in [5, 5.41) is 3.03. The fourth-order valence-corrected chi connectivity index (χ4v) is 3.22. The quantitative estimate of drug-likeness (QED) is 0.823. The Hall–Kier alpha value is -1.76. The van der Waals surface area contributed by atoms with Gasteiger partial charge in [0.1, 0.15) is 11.4 Å². The minimum absolute atomic E-state index is 0.0230. The van der Waals surface area contributed by atoms with Crippen LogP contribution in [0.3, 0.4) is 0 Å². The normalized spacial score (nSPS) is 15.6. The zero-order valence-corrected chi connectivity index (χ0v) is 16.7. The third-order valence-corrected chi connectivity index (χ3v) is 4.52. The molecular formula is C18H25BrN2O4. The second-order valence-corrected chi connectivity index (χ2v) is 7.89. The molecule has 0 spiro atoms. The molecule has 0 saturated carbocycles. The molecule has 25 heavy (non-hydrogen) atoms. The molecule has 0 aromatic heterocycles. The maximum Gasteiger partial charge on any atom is 0.410 e. The zero-order chi connectivity index (χ0) is 18.6. The number of piperidine rings is 1. The molecule has 1 aliphatic heterocycles. The number of nitrogens with zero attached hydrogens (tertiary/aromatic N) is 1. The first kappa shape index (κ1) is 19.6. The fourth-order valence-electron chi connectivity index (χ4n) is 2.69. The lowest BCUT2D eigenvalue weighted by atomic mass is 10.0. The first-order valence-electron chi connectivity index (χ1n) is 8.32. The summed E-state index contributed by atoms with van der Waals surface area (Å²) in [6.45, 7) is 6.68. The number of hydrogen-bond acceptors (Lipinski definition) is 4. The lowest BCUT2D eigenvalue weighted by molar-refractivity contribution is 0.0199. The number of nitrogens with one attached hydrogen (secondary N) is 1. The molecule has 7 heteroatoms. The van der Waals surface area contributed by atoms with Crippen molar-refractivity contribution in [3.8, 4) is 5.75 Å². The second kappa shape index (κ2) is 8.08. The topological polar surface area (TPSA) is 67.9 Å². The van der Waals surface area contributed by atoms with Crippen LogP contribution in [0.2, 0.25) is 0 Å². The van der Waals surface area contributed by atoms with E-state index in [1.54, 1.807) is 17.0 Å². The average molecular weight is 413 g/mol. The number of carbonyl (C=O) groups is 2. The molecule has 0 bridgehead atoms. The molecule has 1 aromatic carbocycles. The Labute approximate surface area is 157 Å². The number of carbonyl (C=O) groups excluding carboxylic acids is 2. The van der Waals surface area contributed by atoms with Gasteiger partial charge < -0.3 is 19.7 Å². The summed E-state index contributed by atoms with van der Waals surface area (Å²) in [5.41, 5.74) is -0.00852. The Bertz CT molecular complexity index is 634. The van der Waals surface area contributed by atoms with E-state index in [0.717, 1.165) is 4.47 Å². The molecule has 0 radical (unpaired) electrons. The standard InChI is InChI=1S/C18H25BrN2O4/c1-18(2,3)25-17(23)21-10-8-12(9-11-21)20-16(22)13-6-5-7-14(19)15(13)24-4/h5-7,12H,8-11H2,1-4H3,(H,20,22). The van der Waals surface area contributed by atoms with Gasteiger partial charge in [-0.3, -0.25) is 4.79 Å². The van der Waals surface area contributed by atoms with Crippen molar-refractivity contribution in [3.05, 3.63) is 28.2 Å². The van der Waals surface area contributed by atoms with Crippen LogP contribution in [0.5, 0.6) is 5.75 Å². The van der Waals surface area contributed by atoms with Crippen LogP contribution in [-0.4, -0.2) is 48.7 Å². The number of halogens is 1. The van der Waals surface area contributed by atoms with Gasteiger partial charge in [0.15, 0.2) is 0 Å². The average Bonchev–Trinajstić information content (AvgIpc) is 2.53. The molecule has 1 aromatic rings. The molecule has 1 heterocycles. The van der Waals surface area contributed by atoms with Crippen molar-refractivity contribution in [2.75, 3.05) is 20.2 Å². The lowest BCUT2D eigenvalue weighted by Gasteiger charge is -2.33. The Kier molecular flexibility index (Phi) is 6.32. The summed E-state index contributed by atoms with van der Waals surface area (Å²) >= 11 is 3.39. The summed E-state index contributed by atoms with van der Waals surface area (Å²) in [7, 11) is 1.54. The number of para-hydroxylation sites is 1. The predicted molar refractivity (Wildman–Crippen MR) is 99.0 cm³/mol. The third kappa shape index (κ3) is 5.36. The third-order valence-electron chi connectivity index (χ3n) is 3.90. The van der Waals surface area contributed by atoms with Gasteiger partial charge >= 0.3 is 6.09 Å². The molecule has 6 nitrogen and oxygen atoms in total. The Morgan fingerprint density at radius 1 is 1.24 bits per heavy atom. The summed E-state index contributed by atoms with van der Waals surface area (Å²) < 4.78 is 11.4. The number of hydrogen-bond donors (Lipinski definition) is 1. The van der Waals surface area contributed by atoms with E-state index in [2.05, 4.69) is 21.2 Å². The molecule has 138 valence electrons. The van der Waals surface area contributed by atoms with Gasteiger partial charge in [0.25, 0.3) is 5.91 Å². The zero-order valence-electron chi connectivity index (χ0n) is 15.1. The van der Waals surface area contributed by atoms with E-state index < -0.39 is 5.60 Å². The molecular weight excluding hydrogens is 388 g/mol. The molecule has 1 aliphatic rings. The minimum Gasteiger partial charge on any atom is -0.495 e. The van der Waals surface area contributed by atoms with E-state index in [0.29, 0.717) is 37.2 Å². The monoisotopic (exact) mass is 412 g/mol. The van der Waals surface area contributed by atoms with E-state index in [9.17, 15) is 9.59 Å². The van der Waals surface area contributed by atoms with Gasteiger partial charge in [0.2, 0.25) is 0 Å². The largest absolute Gasteiger partial charge is 0.495 e. The van der Waals surface area contributed by atoms with Gasteiger partial charge in [-0.05, 0) is 61.7 Å². The van der Waals surface area contributed by atoms with Crippen LogP contribution in [0.25, 0.3) is 0 Å². The predicted octanol–water partition coefficient (Wildman–Crippen LogP) is 3.59. The highest BCUT2D eigenvalue weighted by Crippen LogP contribution is 2.29. The Morgan fingerprint density at radius 2 is 1.88 bits per heavy atom. The van der Waals surface area contributed by atoms with Crippen LogP contribution >= 0.6 is 15.9 Å². The van der Waals surface area contributed by atoms with Crippen molar-refractivity contribution >= 4 is 27.9 Å². The smallest absolute Gasteiger partial charge is 0.410 e. The highest BCUT2D eigenvalue weighted by molar-refractivity contribution is 9.10. The first-order valence-corrected chi connectivity index (χ1v) is 9.12. The molecule has 1 N–H and O–H groups in total. The number of rotatable bonds is 3. The first-order chi connectivity index (χ1) is 11.7. The summed E-state index contributed by atoms with van der Waals surface area (Å²) in [6.07, 6.45) is 1.09. The van der Waals surface area contributed by atoms with Gasteiger partial charge in [0.05, 0.1) is 17.1 Å². The summed E-state index contributed by atoms with van der Waals surface area (Å²) in [4.78, 5) is 26.3. The van der Waals surface area contributed by atoms with Gasteiger partial charge in [-0.25, -0.2) is 4.79 Å². The Morgan fingerprint density at radius 3 is 2.44 bits per heavy atom. The number of amides is 2. The van der Waals surface area contributed by atoms with Crippen molar-refractivity contribution in [3.63, 3.8) is 0 Å². The maximum absolute atomic E-state index is 12.5. The van der Waals surface area contributed by atoms with Gasteiger partial charge in [-0.1, -0.05) is 6.07 Å². The van der Waals surface area contributed by atoms with E-state index in [-0.39, 0.29) is 18.0 Å². The van der Waals surface area contributed by atoms with Crippen LogP contribution in [0.15, 0.2) is 22.7 Å². The number of ether oxygens (including phenoxy) is 2. The van der Waals surface area contributed by atoms with E-state index in [4.69, 9.17) is 9.47 Å². The fraction of sp³-hybridized carbons (Fsp3) is 0.556. The van der Waals surface area contributed by atoms with Crippen LogP contribution < -0.4 is 10.1 Å². The molecule has 0 atom stereocenters. The van der Waals surface area contributed by atoms with Crippen LogP contribution in [0.1, 0.15) is 44.0 Å². The number of likely N-dealkylation sites (tertiary alicyclic amines) is 1. The Balaban J connectivity index is 1.91. The maximum atomic E-state index is 12.5. The molecule has 1 fully saturated rings. The van der Waals surface area contributed by atoms with E-state index in [1.165, 1.54) is 7.11 Å². The minimum atomic E-state index is -0.501. The van der Waals surface area contributed by atoms with Crippen LogP contribution in [0, 0.1) is 0 Å². The van der Waals surface area contributed by atoms with Gasteiger partial charge in [-0.2, -0.15) is 0 Å². The number of methoxy groups -OCH3 is 1. The van der Waals surface area contributed by atoms with E-state index >= 15 is 0 Å². The van der Waals surface area contributed by atoms with Crippen molar-refractivity contribution in [2.45, 2.75) is 45.3 Å². The van der Waals surface area contributed by atoms with Crippen molar-refractivity contribution in [2.24, 2.45) is 0 Å². The van der Waals surface area contributed by atoms with Crippen LogP contribution in [-0.2, 0) is 4.74 Å². The second-order valence-electron chi connectivity index (χ2n) is 7.04. The van der Waals surface area contributed by atoms with E-state index in [1.807, 2.05) is 26.8 Å². The molecule has 1 saturated heterocycles. The number of benzene rings is 1. The van der Waals surface area contributed by atoms with Gasteiger partial charge in [0, 0.05) is 19.1 Å². The van der Waals surface area contributed by atoms with Crippen molar-refractivity contribution in [1.29, 1.82) is 0 Å². The molecule has 2 rings (SSSR count). The summed E-state index contributed by atoms with van der Waals surface area (Å²) in [6, 6.07) is 5.38. The molecule has 0 unspecified atom stereocenters. The SMILES string of the molecule is COc1c(Br)cccc1C(=O)NC1CCN(C(=O)OC(C)(C)C)CC1. The molecule has 2 amide bonds.